The summed E-state index contributed by atoms with van der Waals surface area (Å²) >= 11 is 0. The number of para-hydroxylation sites is 1. The maximum atomic E-state index is 11.6. The molecule has 1 unspecified atom stereocenters. The minimum Gasteiger partial charge on any atom is -0.465 e. The van der Waals surface area contributed by atoms with Gasteiger partial charge >= 0.3 is 5.97 Å². The molecule has 1 heterocycles. The fourth-order valence-electron chi connectivity index (χ4n) is 1.85. The first-order valence-corrected chi connectivity index (χ1v) is 6.39. The molecular formula is C15H15N3O2. The molecule has 0 aliphatic heterocycles. The summed E-state index contributed by atoms with van der Waals surface area (Å²) in [5.41, 5.74) is 1.76. The van der Waals surface area contributed by atoms with Crippen LogP contribution in [0, 0.1) is 17.2 Å². The summed E-state index contributed by atoms with van der Waals surface area (Å²) in [5, 5.41) is 13.3. The van der Waals surface area contributed by atoms with E-state index in [0.717, 1.165) is 11.3 Å². The van der Waals surface area contributed by atoms with Crippen molar-refractivity contribution in [1.82, 2.24) is 9.78 Å². The van der Waals surface area contributed by atoms with E-state index in [1.165, 1.54) is 0 Å². The highest BCUT2D eigenvalue weighted by atomic mass is 16.5. The van der Waals surface area contributed by atoms with Crippen molar-refractivity contribution in [2.75, 3.05) is 6.61 Å². The Morgan fingerprint density at radius 3 is 2.85 bits per heavy atom. The van der Waals surface area contributed by atoms with E-state index in [-0.39, 0.29) is 6.61 Å². The zero-order valence-electron chi connectivity index (χ0n) is 11.2. The van der Waals surface area contributed by atoms with Gasteiger partial charge in [-0.3, -0.25) is 4.79 Å². The summed E-state index contributed by atoms with van der Waals surface area (Å²) in [5.74, 6) is -1.27. The highest BCUT2D eigenvalue weighted by Gasteiger charge is 2.20. The SMILES string of the molecule is CCOC(=O)C(C#N)Cc1cnn(-c2ccccc2)c1. The molecule has 5 heteroatoms. The molecule has 102 valence electrons. The van der Waals surface area contributed by atoms with Crippen LogP contribution < -0.4 is 0 Å². The molecular weight excluding hydrogens is 254 g/mol. The number of aromatic nitrogens is 2. The Hall–Kier alpha value is -2.61. The van der Waals surface area contributed by atoms with Gasteiger partial charge in [-0.05, 0) is 24.6 Å². The molecule has 1 aromatic heterocycles. The number of carbonyl (C=O) groups excluding carboxylic acids is 1. The van der Waals surface area contributed by atoms with Crippen molar-refractivity contribution >= 4 is 5.97 Å². The highest BCUT2D eigenvalue weighted by molar-refractivity contribution is 5.75. The van der Waals surface area contributed by atoms with Crippen LogP contribution in [0.4, 0.5) is 0 Å². The lowest BCUT2D eigenvalue weighted by Gasteiger charge is -2.06. The molecule has 0 amide bonds. The van der Waals surface area contributed by atoms with Gasteiger partial charge in [0.2, 0.25) is 0 Å². The number of carbonyl (C=O) groups is 1. The van der Waals surface area contributed by atoms with Crippen LogP contribution in [0.2, 0.25) is 0 Å². The summed E-state index contributed by atoms with van der Waals surface area (Å²) < 4.78 is 6.59. The molecule has 2 aromatic rings. The van der Waals surface area contributed by atoms with E-state index in [1.807, 2.05) is 42.6 Å². The highest BCUT2D eigenvalue weighted by Crippen LogP contribution is 2.12. The Kier molecular flexibility index (Phi) is 4.51. The van der Waals surface area contributed by atoms with Gasteiger partial charge in [-0.2, -0.15) is 10.4 Å². The molecule has 0 saturated carbocycles. The van der Waals surface area contributed by atoms with Crippen molar-refractivity contribution in [3.05, 3.63) is 48.3 Å². The Balaban J connectivity index is 2.10. The minimum absolute atomic E-state index is 0.278. The Bertz CT molecular complexity index is 614. The van der Waals surface area contributed by atoms with Crippen molar-refractivity contribution in [3.8, 4) is 11.8 Å². The van der Waals surface area contributed by atoms with E-state index in [0.29, 0.717) is 6.42 Å². The Morgan fingerprint density at radius 2 is 2.20 bits per heavy atom. The van der Waals surface area contributed by atoms with Gasteiger partial charge in [0.25, 0.3) is 0 Å². The third-order valence-electron chi connectivity index (χ3n) is 2.82. The van der Waals surface area contributed by atoms with Crippen molar-refractivity contribution < 1.29 is 9.53 Å². The Morgan fingerprint density at radius 1 is 1.45 bits per heavy atom. The first-order chi connectivity index (χ1) is 9.74. The van der Waals surface area contributed by atoms with Gasteiger partial charge in [-0.25, -0.2) is 4.68 Å². The predicted octanol–water partition coefficient (Wildman–Crippen LogP) is 2.12. The second kappa shape index (κ2) is 6.53. The van der Waals surface area contributed by atoms with Crippen LogP contribution in [-0.2, 0) is 16.0 Å². The first-order valence-electron chi connectivity index (χ1n) is 6.39. The van der Waals surface area contributed by atoms with Gasteiger partial charge in [-0.15, -0.1) is 0 Å². The molecule has 0 N–H and O–H groups in total. The number of nitriles is 1. The molecule has 1 atom stereocenters. The van der Waals surface area contributed by atoms with Gasteiger partial charge in [0.15, 0.2) is 0 Å². The van der Waals surface area contributed by atoms with E-state index in [1.54, 1.807) is 17.8 Å². The second-order valence-electron chi connectivity index (χ2n) is 4.27. The molecule has 0 radical (unpaired) electrons. The van der Waals surface area contributed by atoms with Crippen LogP contribution in [0.15, 0.2) is 42.7 Å². The lowest BCUT2D eigenvalue weighted by molar-refractivity contribution is -0.145. The summed E-state index contributed by atoms with van der Waals surface area (Å²) in [6, 6.07) is 11.6. The number of hydrogen-bond acceptors (Lipinski definition) is 4. The summed E-state index contributed by atoms with van der Waals surface area (Å²) in [6.07, 6.45) is 3.79. The third kappa shape index (κ3) is 3.23. The van der Waals surface area contributed by atoms with Crippen LogP contribution in [-0.4, -0.2) is 22.4 Å². The largest absolute Gasteiger partial charge is 0.465 e. The zero-order chi connectivity index (χ0) is 14.4. The predicted molar refractivity (Wildman–Crippen MR) is 73.0 cm³/mol. The molecule has 0 bridgehead atoms. The first kappa shape index (κ1) is 13.8. The van der Waals surface area contributed by atoms with Gasteiger partial charge in [0.1, 0.15) is 5.92 Å². The van der Waals surface area contributed by atoms with Crippen molar-refractivity contribution in [1.29, 1.82) is 5.26 Å². The van der Waals surface area contributed by atoms with Crippen molar-refractivity contribution in [3.63, 3.8) is 0 Å². The molecule has 0 aliphatic rings. The van der Waals surface area contributed by atoms with Crippen molar-refractivity contribution in [2.45, 2.75) is 13.3 Å². The molecule has 0 aliphatic carbocycles. The smallest absolute Gasteiger partial charge is 0.323 e. The molecule has 0 spiro atoms. The molecule has 20 heavy (non-hydrogen) atoms. The van der Waals surface area contributed by atoms with Crippen LogP contribution in [0.5, 0.6) is 0 Å². The molecule has 0 fully saturated rings. The maximum absolute atomic E-state index is 11.6. The van der Waals surface area contributed by atoms with Gasteiger partial charge < -0.3 is 4.74 Å². The van der Waals surface area contributed by atoms with Gasteiger partial charge in [0.05, 0.1) is 24.6 Å². The number of rotatable bonds is 5. The minimum atomic E-state index is -0.789. The fourth-order valence-corrected chi connectivity index (χ4v) is 1.85. The van der Waals surface area contributed by atoms with E-state index in [9.17, 15) is 4.79 Å². The van der Waals surface area contributed by atoms with E-state index < -0.39 is 11.9 Å². The average molecular weight is 269 g/mol. The van der Waals surface area contributed by atoms with Gasteiger partial charge in [0, 0.05) is 12.6 Å². The number of nitrogens with zero attached hydrogens (tertiary/aromatic N) is 3. The number of benzene rings is 1. The quantitative estimate of drug-likeness (QED) is 0.780. The zero-order valence-corrected chi connectivity index (χ0v) is 11.2. The van der Waals surface area contributed by atoms with Gasteiger partial charge in [-0.1, -0.05) is 18.2 Å². The Labute approximate surface area is 117 Å². The lowest BCUT2D eigenvalue weighted by atomic mass is 10.0. The maximum Gasteiger partial charge on any atom is 0.323 e. The number of hydrogen-bond donors (Lipinski definition) is 0. The van der Waals surface area contributed by atoms with Crippen LogP contribution in [0.25, 0.3) is 5.69 Å². The molecule has 5 nitrogen and oxygen atoms in total. The number of esters is 1. The molecule has 0 saturated heterocycles. The summed E-state index contributed by atoms with van der Waals surface area (Å²) in [6.45, 7) is 2.00. The van der Waals surface area contributed by atoms with E-state index in [4.69, 9.17) is 10.00 Å². The second-order valence-corrected chi connectivity index (χ2v) is 4.27. The van der Waals surface area contributed by atoms with Crippen LogP contribution >= 0.6 is 0 Å². The third-order valence-corrected chi connectivity index (χ3v) is 2.82. The normalized spacial score (nSPS) is 11.6. The van der Waals surface area contributed by atoms with Crippen LogP contribution in [0.3, 0.4) is 0 Å². The average Bonchev–Trinajstić information content (AvgIpc) is 2.94. The standard InChI is InChI=1S/C15H15N3O2/c1-2-20-15(19)13(9-16)8-12-10-17-18(11-12)14-6-4-3-5-7-14/h3-7,10-11,13H,2,8H2,1H3. The molecule has 2 rings (SSSR count). The lowest BCUT2D eigenvalue weighted by Crippen LogP contribution is -2.18. The number of ether oxygens (including phenoxy) is 1. The summed E-state index contributed by atoms with van der Waals surface area (Å²) in [4.78, 5) is 11.6. The van der Waals surface area contributed by atoms with E-state index in [2.05, 4.69) is 5.10 Å². The monoisotopic (exact) mass is 269 g/mol. The summed E-state index contributed by atoms with van der Waals surface area (Å²) in [7, 11) is 0. The fraction of sp³-hybridized carbons (Fsp3) is 0.267. The topological polar surface area (TPSA) is 67.9 Å². The van der Waals surface area contributed by atoms with E-state index >= 15 is 0 Å². The molecule has 1 aromatic carbocycles. The van der Waals surface area contributed by atoms with Crippen LogP contribution in [0.1, 0.15) is 12.5 Å². The van der Waals surface area contributed by atoms with Crippen molar-refractivity contribution in [2.24, 2.45) is 5.92 Å².